The molecule has 0 unspecified atom stereocenters. The summed E-state index contributed by atoms with van der Waals surface area (Å²) in [5.74, 6) is -0.348. The van der Waals surface area contributed by atoms with Gasteiger partial charge in [0.05, 0.1) is 11.3 Å². The van der Waals surface area contributed by atoms with Gasteiger partial charge >= 0.3 is 12.2 Å². The van der Waals surface area contributed by atoms with Crippen molar-refractivity contribution >= 4 is 51.2 Å². The standard InChI is InChI=1S/C30H23F3N6O2S/c1-18-4-9-24(15-25(18)38-29-39-26(17-42-29)20-3-2-14-34-16-20)35-27(40)19-5-10-22(11-6-19)36-28(41)37-23-12-7-21(8-13-23)30(31,32)33/h2-17H,1H3,(H,35,40)(H,38,39)(H2,36,37,41). The molecular formula is C30H23F3N6O2S. The van der Waals surface area contributed by atoms with Crippen molar-refractivity contribution in [1.82, 2.24) is 9.97 Å². The van der Waals surface area contributed by atoms with Crippen LogP contribution in [0.25, 0.3) is 11.3 Å². The minimum Gasteiger partial charge on any atom is -0.331 e. The summed E-state index contributed by atoms with van der Waals surface area (Å²) in [5, 5.41) is 13.9. The molecule has 42 heavy (non-hydrogen) atoms. The molecule has 0 saturated carbocycles. The number of urea groups is 1. The second kappa shape index (κ2) is 12.1. The number of hydrogen-bond donors (Lipinski definition) is 4. The van der Waals surface area contributed by atoms with Gasteiger partial charge in [0.25, 0.3) is 5.91 Å². The van der Waals surface area contributed by atoms with Gasteiger partial charge in [-0.1, -0.05) is 6.07 Å². The second-order valence-electron chi connectivity index (χ2n) is 9.12. The second-order valence-corrected chi connectivity index (χ2v) is 9.98. The average Bonchev–Trinajstić information content (AvgIpc) is 3.44. The first kappa shape index (κ1) is 28.3. The van der Waals surface area contributed by atoms with Crippen molar-refractivity contribution < 1.29 is 22.8 Å². The summed E-state index contributed by atoms with van der Waals surface area (Å²) in [4.78, 5) is 33.9. The molecule has 0 saturated heterocycles. The maximum Gasteiger partial charge on any atom is 0.416 e. The lowest BCUT2D eigenvalue weighted by Crippen LogP contribution is -2.19. The van der Waals surface area contributed by atoms with E-state index in [1.807, 2.05) is 36.6 Å². The van der Waals surface area contributed by atoms with Gasteiger partial charge in [-0.2, -0.15) is 13.2 Å². The molecule has 0 radical (unpaired) electrons. The number of nitrogens with zero attached hydrogens (tertiary/aromatic N) is 2. The van der Waals surface area contributed by atoms with Gasteiger partial charge in [-0.3, -0.25) is 9.78 Å². The van der Waals surface area contributed by atoms with Gasteiger partial charge in [0.15, 0.2) is 5.13 Å². The van der Waals surface area contributed by atoms with Crippen LogP contribution < -0.4 is 21.3 Å². The Morgan fingerprint density at radius 1 is 0.833 bits per heavy atom. The number of anilines is 5. The first-order chi connectivity index (χ1) is 20.1. The Morgan fingerprint density at radius 3 is 2.14 bits per heavy atom. The quantitative estimate of drug-likeness (QED) is 0.153. The first-order valence-corrected chi connectivity index (χ1v) is 13.4. The fourth-order valence-corrected chi connectivity index (χ4v) is 4.60. The van der Waals surface area contributed by atoms with Crippen molar-refractivity contribution in [2.24, 2.45) is 0 Å². The number of carbonyl (C=O) groups excluding carboxylic acids is 2. The van der Waals surface area contributed by atoms with Crippen molar-refractivity contribution in [3.63, 3.8) is 0 Å². The monoisotopic (exact) mass is 588 g/mol. The van der Waals surface area contributed by atoms with E-state index in [9.17, 15) is 22.8 Å². The molecule has 4 N–H and O–H groups in total. The number of rotatable bonds is 7. The molecule has 0 atom stereocenters. The molecule has 8 nitrogen and oxygen atoms in total. The third-order valence-electron chi connectivity index (χ3n) is 6.07. The lowest BCUT2D eigenvalue weighted by Gasteiger charge is -2.12. The van der Waals surface area contributed by atoms with Crippen LogP contribution in [0.15, 0.2) is 96.6 Å². The number of aryl methyl sites for hydroxylation is 1. The molecule has 0 spiro atoms. The molecular weight excluding hydrogens is 565 g/mol. The van der Waals surface area contributed by atoms with E-state index in [0.717, 1.165) is 34.6 Å². The van der Waals surface area contributed by atoms with Crippen molar-refractivity contribution in [2.45, 2.75) is 13.1 Å². The molecule has 5 rings (SSSR count). The molecule has 0 fully saturated rings. The number of amides is 3. The summed E-state index contributed by atoms with van der Waals surface area (Å²) in [6, 6.07) is 18.9. The van der Waals surface area contributed by atoms with Crippen LogP contribution in [0.1, 0.15) is 21.5 Å². The fourth-order valence-electron chi connectivity index (χ4n) is 3.87. The Bertz CT molecular complexity index is 1710. The Kier molecular flexibility index (Phi) is 8.16. The average molecular weight is 589 g/mol. The molecule has 0 aliphatic heterocycles. The normalized spacial score (nSPS) is 11.0. The fraction of sp³-hybridized carbons (Fsp3) is 0.0667. The Morgan fingerprint density at radius 2 is 1.50 bits per heavy atom. The Hall–Kier alpha value is -5.23. The van der Waals surface area contributed by atoms with Crippen molar-refractivity contribution in [3.8, 4) is 11.3 Å². The highest BCUT2D eigenvalue weighted by Gasteiger charge is 2.30. The largest absolute Gasteiger partial charge is 0.416 e. The van der Waals surface area contributed by atoms with E-state index in [-0.39, 0.29) is 11.6 Å². The lowest BCUT2D eigenvalue weighted by atomic mass is 10.1. The number of thiazole rings is 1. The van der Waals surface area contributed by atoms with Gasteiger partial charge in [0.2, 0.25) is 0 Å². The highest BCUT2D eigenvalue weighted by atomic mass is 32.1. The topological polar surface area (TPSA) is 108 Å². The van der Waals surface area contributed by atoms with Gasteiger partial charge in [-0.25, -0.2) is 9.78 Å². The molecule has 0 bridgehead atoms. The Balaban J connectivity index is 1.18. The highest BCUT2D eigenvalue weighted by Crippen LogP contribution is 2.31. The SMILES string of the molecule is Cc1ccc(NC(=O)c2ccc(NC(=O)Nc3ccc(C(F)(F)F)cc3)cc2)cc1Nc1nc(-c2cccnc2)cs1. The number of carbonyl (C=O) groups is 2. The van der Waals surface area contributed by atoms with Crippen LogP contribution in [-0.4, -0.2) is 21.9 Å². The summed E-state index contributed by atoms with van der Waals surface area (Å²) in [7, 11) is 0. The summed E-state index contributed by atoms with van der Waals surface area (Å²) >= 11 is 1.46. The molecule has 212 valence electrons. The van der Waals surface area contributed by atoms with E-state index in [2.05, 4.69) is 31.2 Å². The summed E-state index contributed by atoms with van der Waals surface area (Å²) < 4.78 is 38.1. The van der Waals surface area contributed by atoms with Gasteiger partial charge in [0, 0.05) is 51.7 Å². The third kappa shape index (κ3) is 7.09. The molecule has 3 amide bonds. The molecule has 12 heteroatoms. The van der Waals surface area contributed by atoms with Crippen molar-refractivity contribution in [3.05, 3.63) is 113 Å². The predicted molar refractivity (Wildman–Crippen MR) is 158 cm³/mol. The minimum atomic E-state index is -4.46. The highest BCUT2D eigenvalue weighted by molar-refractivity contribution is 7.14. The molecule has 3 aromatic carbocycles. The number of aromatic nitrogens is 2. The number of benzene rings is 3. The van der Waals surface area contributed by atoms with E-state index in [4.69, 9.17) is 0 Å². The predicted octanol–water partition coefficient (Wildman–Crippen LogP) is 8.17. The molecule has 2 aromatic heterocycles. The van der Waals surface area contributed by atoms with E-state index in [1.165, 1.54) is 23.5 Å². The zero-order valence-corrected chi connectivity index (χ0v) is 22.8. The molecule has 0 aliphatic carbocycles. The van der Waals surface area contributed by atoms with Crippen LogP contribution in [0.4, 0.5) is 45.8 Å². The van der Waals surface area contributed by atoms with E-state index < -0.39 is 17.8 Å². The van der Waals surface area contributed by atoms with E-state index >= 15 is 0 Å². The lowest BCUT2D eigenvalue weighted by molar-refractivity contribution is -0.137. The van der Waals surface area contributed by atoms with Crippen molar-refractivity contribution in [1.29, 1.82) is 0 Å². The number of hydrogen-bond acceptors (Lipinski definition) is 6. The summed E-state index contributed by atoms with van der Waals surface area (Å²) in [6.45, 7) is 1.95. The van der Waals surface area contributed by atoms with Gasteiger partial charge in [-0.15, -0.1) is 11.3 Å². The molecule has 0 aliphatic rings. The maximum atomic E-state index is 12.9. The number of halogens is 3. The number of alkyl halides is 3. The summed E-state index contributed by atoms with van der Waals surface area (Å²) in [6.07, 6.45) is -1.00. The van der Waals surface area contributed by atoms with Crippen molar-refractivity contribution in [2.75, 3.05) is 21.3 Å². The minimum absolute atomic E-state index is 0.201. The maximum absolute atomic E-state index is 12.9. The first-order valence-electron chi connectivity index (χ1n) is 12.5. The van der Waals surface area contributed by atoms with Crippen LogP contribution >= 0.6 is 11.3 Å². The Labute approximate surface area is 242 Å². The van der Waals surface area contributed by atoms with Gasteiger partial charge in [-0.05, 0) is 85.3 Å². The van der Waals surface area contributed by atoms with Gasteiger partial charge in [0.1, 0.15) is 0 Å². The number of nitrogens with one attached hydrogen (secondary N) is 4. The third-order valence-corrected chi connectivity index (χ3v) is 6.83. The zero-order valence-electron chi connectivity index (χ0n) is 22.0. The van der Waals surface area contributed by atoms with Crippen LogP contribution in [-0.2, 0) is 6.18 Å². The van der Waals surface area contributed by atoms with E-state index in [0.29, 0.717) is 22.1 Å². The van der Waals surface area contributed by atoms with Crippen LogP contribution in [0.5, 0.6) is 0 Å². The van der Waals surface area contributed by atoms with Gasteiger partial charge < -0.3 is 21.3 Å². The molecule has 2 heterocycles. The van der Waals surface area contributed by atoms with Crippen LogP contribution in [0.2, 0.25) is 0 Å². The van der Waals surface area contributed by atoms with E-state index in [1.54, 1.807) is 42.7 Å². The number of pyridine rings is 1. The van der Waals surface area contributed by atoms with Crippen LogP contribution in [0.3, 0.4) is 0 Å². The van der Waals surface area contributed by atoms with Crippen LogP contribution in [0, 0.1) is 6.92 Å². The summed E-state index contributed by atoms with van der Waals surface area (Å²) in [5.41, 5.74) is 4.22. The smallest absolute Gasteiger partial charge is 0.331 e. The molecule has 5 aromatic rings. The zero-order chi connectivity index (χ0) is 29.7.